The SMILES string of the molecule is O=C1OC(CNCc2ccc(CO)cc2)CC1(F)F. The van der Waals surface area contributed by atoms with Crippen LogP contribution in [-0.4, -0.2) is 29.6 Å². The van der Waals surface area contributed by atoms with Crippen molar-refractivity contribution >= 4 is 5.97 Å². The van der Waals surface area contributed by atoms with Crippen molar-refractivity contribution in [2.75, 3.05) is 6.54 Å². The van der Waals surface area contributed by atoms with E-state index in [4.69, 9.17) is 5.11 Å². The van der Waals surface area contributed by atoms with E-state index in [1.807, 2.05) is 12.1 Å². The number of carbonyl (C=O) groups is 1. The van der Waals surface area contributed by atoms with Gasteiger partial charge in [0, 0.05) is 13.1 Å². The second kappa shape index (κ2) is 5.63. The van der Waals surface area contributed by atoms with Gasteiger partial charge in [-0.05, 0) is 11.1 Å². The summed E-state index contributed by atoms with van der Waals surface area (Å²) in [7, 11) is 0. The van der Waals surface area contributed by atoms with Gasteiger partial charge in [-0.1, -0.05) is 24.3 Å². The van der Waals surface area contributed by atoms with Crippen LogP contribution in [0.4, 0.5) is 8.78 Å². The quantitative estimate of drug-likeness (QED) is 0.791. The molecule has 1 aromatic rings. The predicted octanol–water partition coefficient (Wildman–Crippen LogP) is 1.22. The van der Waals surface area contributed by atoms with E-state index in [0.29, 0.717) is 6.54 Å². The molecule has 19 heavy (non-hydrogen) atoms. The molecule has 0 radical (unpaired) electrons. The smallest absolute Gasteiger partial charge is 0.377 e. The first-order chi connectivity index (χ1) is 9.01. The van der Waals surface area contributed by atoms with Crippen molar-refractivity contribution in [1.82, 2.24) is 5.32 Å². The molecule has 1 aromatic carbocycles. The van der Waals surface area contributed by atoms with Crippen molar-refractivity contribution in [2.24, 2.45) is 0 Å². The van der Waals surface area contributed by atoms with Gasteiger partial charge in [-0.25, -0.2) is 4.79 Å². The van der Waals surface area contributed by atoms with Gasteiger partial charge in [0.2, 0.25) is 0 Å². The topological polar surface area (TPSA) is 58.6 Å². The minimum atomic E-state index is -3.35. The zero-order chi connectivity index (χ0) is 13.9. The number of rotatable bonds is 5. The lowest BCUT2D eigenvalue weighted by molar-refractivity contribution is -0.159. The standard InChI is InChI=1S/C13H15F2NO3/c14-13(15)5-11(19-12(13)18)7-16-6-9-1-3-10(8-17)4-2-9/h1-4,11,16-17H,5-8H2. The number of benzene rings is 1. The molecule has 2 N–H and O–H groups in total. The molecule has 1 saturated heterocycles. The van der Waals surface area contributed by atoms with Gasteiger partial charge in [0.25, 0.3) is 0 Å². The Bertz CT molecular complexity index is 448. The van der Waals surface area contributed by atoms with Crippen LogP contribution < -0.4 is 5.32 Å². The van der Waals surface area contributed by atoms with Crippen molar-refractivity contribution in [3.05, 3.63) is 35.4 Å². The summed E-state index contributed by atoms with van der Waals surface area (Å²) in [5.41, 5.74) is 1.78. The zero-order valence-electron chi connectivity index (χ0n) is 10.2. The Morgan fingerprint density at radius 1 is 1.32 bits per heavy atom. The molecule has 4 nitrogen and oxygen atoms in total. The summed E-state index contributed by atoms with van der Waals surface area (Å²) in [6.07, 6.45) is -1.35. The summed E-state index contributed by atoms with van der Waals surface area (Å²) in [4.78, 5) is 10.8. The first-order valence-electron chi connectivity index (χ1n) is 5.99. The van der Waals surface area contributed by atoms with Gasteiger partial charge in [-0.3, -0.25) is 0 Å². The highest BCUT2D eigenvalue weighted by atomic mass is 19.3. The molecule has 1 aliphatic rings. The number of esters is 1. The highest BCUT2D eigenvalue weighted by Gasteiger charge is 2.50. The summed E-state index contributed by atoms with van der Waals surface area (Å²) in [5, 5.41) is 11.9. The van der Waals surface area contributed by atoms with Gasteiger partial charge in [-0.2, -0.15) is 8.78 Å². The molecule has 0 saturated carbocycles. The number of nitrogens with one attached hydrogen (secondary N) is 1. The average molecular weight is 271 g/mol. The number of alkyl halides is 2. The van der Waals surface area contributed by atoms with Crippen molar-refractivity contribution < 1.29 is 23.4 Å². The Hall–Kier alpha value is -1.53. The molecular weight excluding hydrogens is 256 g/mol. The van der Waals surface area contributed by atoms with Gasteiger partial charge < -0.3 is 15.2 Å². The number of hydrogen-bond donors (Lipinski definition) is 2. The van der Waals surface area contributed by atoms with Gasteiger partial charge in [0.15, 0.2) is 0 Å². The Kier molecular flexibility index (Phi) is 4.11. The molecule has 0 aliphatic carbocycles. The largest absolute Gasteiger partial charge is 0.456 e. The van der Waals surface area contributed by atoms with Crippen LogP contribution in [0.25, 0.3) is 0 Å². The molecular formula is C13H15F2NO3. The number of ether oxygens (including phenoxy) is 1. The lowest BCUT2D eigenvalue weighted by Crippen LogP contribution is -2.26. The molecule has 2 rings (SSSR count). The van der Waals surface area contributed by atoms with Crippen LogP contribution in [0.15, 0.2) is 24.3 Å². The van der Waals surface area contributed by atoms with Gasteiger partial charge in [0.1, 0.15) is 6.10 Å². The molecule has 0 amide bonds. The molecule has 1 fully saturated rings. The second-order valence-corrected chi connectivity index (χ2v) is 4.54. The highest BCUT2D eigenvalue weighted by Crippen LogP contribution is 2.30. The number of aliphatic hydroxyl groups is 1. The molecule has 1 aliphatic heterocycles. The first-order valence-corrected chi connectivity index (χ1v) is 5.99. The van der Waals surface area contributed by atoms with Crippen LogP contribution in [-0.2, 0) is 22.7 Å². The van der Waals surface area contributed by atoms with E-state index in [-0.39, 0.29) is 13.2 Å². The van der Waals surface area contributed by atoms with Crippen molar-refractivity contribution in [1.29, 1.82) is 0 Å². The van der Waals surface area contributed by atoms with Gasteiger partial charge >= 0.3 is 11.9 Å². The molecule has 104 valence electrons. The molecule has 0 spiro atoms. The van der Waals surface area contributed by atoms with Gasteiger partial charge in [0.05, 0.1) is 13.0 Å². The van der Waals surface area contributed by atoms with E-state index < -0.39 is 24.4 Å². The maximum Gasteiger partial charge on any atom is 0.377 e. The molecule has 6 heteroatoms. The number of carbonyl (C=O) groups excluding carboxylic acids is 1. The predicted molar refractivity (Wildman–Crippen MR) is 63.5 cm³/mol. The first kappa shape index (κ1) is 13.9. The third-order valence-corrected chi connectivity index (χ3v) is 2.96. The summed E-state index contributed by atoms with van der Waals surface area (Å²) < 4.78 is 30.4. The maximum atomic E-state index is 12.9. The van der Waals surface area contributed by atoms with E-state index in [1.165, 1.54) is 0 Å². The monoisotopic (exact) mass is 271 g/mol. The van der Waals surface area contributed by atoms with E-state index in [9.17, 15) is 13.6 Å². The summed E-state index contributed by atoms with van der Waals surface area (Å²) in [6, 6.07) is 7.27. The van der Waals surface area contributed by atoms with Crippen molar-refractivity contribution in [3.63, 3.8) is 0 Å². The third-order valence-electron chi connectivity index (χ3n) is 2.96. The van der Waals surface area contributed by atoms with E-state index >= 15 is 0 Å². The van der Waals surface area contributed by atoms with E-state index in [0.717, 1.165) is 11.1 Å². The fraction of sp³-hybridized carbons (Fsp3) is 0.462. The molecule has 1 atom stereocenters. The van der Waals surface area contributed by atoms with Crippen LogP contribution in [0, 0.1) is 0 Å². The highest BCUT2D eigenvalue weighted by molar-refractivity contribution is 5.79. The van der Waals surface area contributed by atoms with E-state index in [1.54, 1.807) is 12.1 Å². The second-order valence-electron chi connectivity index (χ2n) is 4.54. The van der Waals surface area contributed by atoms with Crippen molar-refractivity contribution in [2.45, 2.75) is 31.6 Å². The number of hydrogen-bond acceptors (Lipinski definition) is 4. The van der Waals surface area contributed by atoms with E-state index in [2.05, 4.69) is 10.1 Å². The molecule has 0 aromatic heterocycles. The van der Waals surface area contributed by atoms with Crippen LogP contribution >= 0.6 is 0 Å². The summed E-state index contributed by atoms with van der Waals surface area (Å²) >= 11 is 0. The Labute approximate surface area is 109 Å². The zero-order valence-corrected chi connectivity index (χ0v) is 10.2. The van der Waals surface area contributed by atoms with Gasteiger partial charge in [-0.15, -0.1) is 0 Å². The number of cyclic esters (lactones) is 1. The van der Waals surface area contributed by atoms with Crippen LogP contribution in [0.5, 0.6) is 0 Å². The number of halogens is 2. The lowest BCUT2D eigenvalue weighted by Gasteiger charge is -2.10. The lowest BCUT2D eigenvalue weighted by atomic mass is 10.1. The fourth-order valence-electron chi connectivity index (χ4n) is 1.90. The molecule has 1 heterocycles. The summed E-state index contributed by atoms with van der Waals surface area (Å²) in [6.45, 7) is 0.676. The Morgan fingerprint density at radius 3 is 2.47 bits per heavy atom. The molecule has 0 bridgehead atoms. The van der Waals surface area contributed by atoms with Crippen LogP contribution in [0.3, 0.4) is 0 Å². The number of aliphatic hydroxyl groups excluding tert-OH is 1. The Balaban J connectivity index is 1.76. The normalized spacial score (nSPS) is 21.4. The Morgan fingerprint density at radius 2 is 1.95 bits per heavy atom. The average Bonchev–Trinajstić information content (AvgIpc) is 2.64. The fourth-order valence-corrected chi connectivity index (χ4v) is 1.90. The minimum absolute atomic E-state index is 0.0131. The van der Waals surface area contributed by atoms with Crippen molar-refractivity contribution in [3.8, 4) is 0 Å². The third kappa shape index (κ3) is 3.48. The molecule has 1 unspecified atom stereocenters. The minimum Gasteiger partial charge on any atom is -0.456 e. The van der Waals surface area contributed by atoms with Crippen LogP contribution in [0.1, 0.15) is 17.5 Å². The maximum absolute atomic E-state index is 12.9. The summed E-state index contributed by atoms with van der Waals surface area (Å²) in [5.74, 6) is -4.79. The van der Waals surface area contributed by atoms with Crippen LogP contribution in [0.2, 0.25) is 0 Å².